The second-order valence-electron chi connectivity index (χ2n) is 9.61. The minimum absolute atomic E-state index is 0.0366. The molecule has 2 aromatic carbocycles. The Hall–Kier alpha value is -3.29. The molecule has 174 valence electrons. The van der Waals surface area contributed by atoms with Crippen molar-refractivity contribution in [2.24, 2.45) is 5.92 Å². The van der Waals surface area contributed by atoms with E-state index in [1.165, 1.54) is 0 Å². The third kappa shape index (κ3) is 4.17. The number of imidazole rings is 2. The number of benzene rings is 2. The van der Waals surface area contributed by atoms with Crippen LogP contribution in [0.5, 0.6) is 0 Å². The maximum absolute atomic E-state index is 13.5. The lowest BCUT2D eigenvalue weighted by Crippen LogP contribution is -2.14. The third-order valence-electron chi connectivity index (χ3n) is 7.00. The van der Waals surface area contributed by atoms with Crippen LogP contribution >= 0.6 is 0 Å². The highest BCUT2D eigenvalue weighted by Gasteiger charge is 2.27. The van der Waals surface area contributed by atoms with Gasteiger partial charge in [-0.25, -0.2) is 14.4 Å². The quantitative estimate of drug-likeness (QED) is 0.334. The summed E-state index contributed by atoms with van der Waals surface area (Å²) in [6.45, 7) is 3.71. The minimum Gasteiger partial charge on any atom is -0.341 e. The van der Waals surface area contributed by atoms with Crippen molar-refractivity contribution < 1.29 is 4.39 Å². The van der Waals surface area contributed by atoms with Crippen molar-refractivity contribution >= 4 is 0 Å². The van der Waals surface area contributed by atoms with E-state index in [1.54, 1.807) is 0 Å². The standard InChI is InChI=1S/C27H29FN6/c1-16-10-22(29-12-16)26-31-14-24(33-26)19-6-2-17(3-7-19)18-4-8-20(9-5-18)25-15-32-27(34-25)23-11-21(28)13-30-23/h2-9,14-16,21-23,29-30H,10-13H2,1H3,(H,31,33)(H,32,34)/t16-,21-,22-,23-/m0/s1. The summed E-state index contributed by atoms with van der Waals surface area (Å²) in [6, 6.07) is 17.3. The summed E-state index contributed by atoms with van der Waals surface area (Å²) >= 11 is 0. The fraction of sp³-hybridized carbons (Fsp3) is 0.333. The third-order valence-corrected chi connectivity index (χ3v) is 7.00. The van der Waals surface area contributed by atoms with Gasteiger partial charge in [-0.2, -0.15) is 0 Å². The second kappa shape index (κ2) is 8.81. The van der Waals surface area contributed by atoms with E-state index in [0.29, 0.717) is 24.9 Å². The summed E-state index contributed by atoms with van der Waals surface area (Å²) < 4.78 is 13.5. The second-order valence-corrected chi connectivity index (χ2v) is 9.61. The highest BCUT2D eigenvalue weighted by Crippen LogP contribution is 2.30. The summed E-state index contributed by atoms with van der Waals surface area (Å²) in [5, 5.41) is 6.71. The molecule has 0 unspecified atom stereocenters. The van der Waals surface area contributed by atoms with E-state index >= 15 is 0 Å². The molecule has 4 heterocycles. The first-order valence-electron chi connectivity index (χ1n) is 12.0. The summed E-state index contributed by atoms with van der Waals surface area (Å²) in [5.41, 5.74) is 6.50. The molecule has 2 aliphatic heterocycles. The number of nitrogens with one attached hydrogen (secondary N) is 4. The molecule has 0 aliphatic carbocycles. The van der Waals surface area contributed by atoms with Crippen LogP contribution in [-0.4, -0.2) is 39.2 Å². The van der Waals surface area contributed by atoms with Crippen LogP contribution in [0.2, 0.25) is 0 Å². The van der Waals surface area contributed by atoms with E-state index in [1.807, 2.05) is 12.4 Å². The lowest BCUT2D eigenvalue weighted by molar-refractivity contribution is 0.355. The Morgan fingerprint density at radius 3 is 1.59 bits per heavy atom. The Balaban J connectivity index is 1.15. The van der Waals surface area contributed by atoms with Crippen molar-refractivity contribution in [1.29, 1.82) is 0 Å². The normalized spacial score (nSPS) is 24.6. The van der Waals surface area contributed by atoms with Gasteiger partial charge in [0.25, 0.3) is 0 Å². The molecule has 2 fully saturated rings. The highest BCUT2D eigenvalue weighted by atomic mass is 19.1. The Labute approximate surface area is 198 Å². The summed E-state index contributed by atoms with van der Waals surface area (Å²) in [7, 11) is 0. The molecule has 4 aromatic rings. The molecular weight excluding hydrogens is 427 g/mol. The Bertz CT molecular complexity index is 1160. The van der Waals surface area contributed by atoms with Crippen LogP contribution in [0, 0.1) is 5.92 Å². The number of hydrogen-bond acceptors (Lipinski definition) is 4. The van der Waals surface area contributed by atoms with Crippen molar-refractivity contribution in [3.8, 4) is 33.6 Å². The zero-order valence-corrected chi connectivity index (χ0v) is 19.2. The fourth-order valence-electron chi connectivity index (χ4n) is 5.03. The van der Waals surface area contributed by atoms with E-state index in [9.17, 15) is 4.39 Å². The Kier molecular flexibility index (Phi) is 5.51. The van der Waals surface area contributed by atoms with Crippen LogP contribution in [0.3, 0.4) is 0 Å². The van der Waals surface area contributed by atoms with Crippen LogP contribution in [0.15, 0.2) is 60.9 Å². The minimum atomic E-state index is -0.798. The van der Waals surface area contributed by atoms with Crippen LogP contribution < -0.4 is 10.6 Å². The molecule has 2 aliphatic rings. The predicted octanol–water partition coefficient (Wildman–Crippen LogP) is 5.18. The summed E-state index contributed by atoms with van der Waals surface area (Å²) in [6.07, 6.45) is 4.55. The van der Waals surface area contributed by atoms with Gasteiger partial charge >= 0.3 is 0 Å². The number of H-pyrrole nitrogens is 2. The number of rotatable bonds is 5. The van der Waals surface area contributed by atoms with E-state index in [-0.39, 0.29) is 6.04 Å². The zero-order chi connectivity index (χ0) is 23.1. The van der Waals surface area contributed by atoms with Gasteiger partial charge in [-0.15, -0.1) is 0 Å². The summed E-state index contributed by atoms with van der Waals surface area (Å²) in [4.78, 5) is 15.9. The summed E-state index contributed by atoms with van der Waals surface area (Å²) in [5.74, 6) is 2.51. The molecule has 4 atom stereocenters. The first-order valence-corrected chi connectivity index (χ1v) is 12.0. The van der Waals surface area contributed by atoms with Gasteiger partial charge in [0.15, 0.2) is 0 Å². The van der Waals surface area contributed by atoms with Gasteiger partial charge in [0.2, 0.25) is 0 Å². The Morgan fingerprint density at radius 1 is 0.676 bits per heavy atom. The molecule has 6 rings (SSSR count). The van der Waals surface area contributed by atoms with Gasteiger partial charge in [0, 0.05) is 13.0 Å². The average molecular weight is 457 g/mol. The van der Waals surface area contributed by atoms with Crippen molar-refractivity contribution in [1.82, 2.24) is 30.6 Å². The number of alkyl halides is 1. The lowest BCUT2D eigenvalue weighted by Gasteiger charge is -2.07. The molecule has 0 amide bonds. The molecule has 34 heavy (non-hydrogen) atoms. The van der Waals surface area contributed by atoms with Crippen molar-refractivity contribution in [2.75, 3.05) is 13.1 Å². The van der Waals surface area contributed by atoms with Gasteiger partial charge in [0.05, 0.1) is 35.9 Å². The molecule has 2 aromatic heterocycles. The molecule has 0 saturated carbocycles. The van der Waals surface area contributed by atoms with Gasteiger partial charge < -0.3 is 20.6 Å². The molecule has 0 bridgehead atoms. The van der Waals surface area contributed by atoms with E-state index < -0.39 is 6.17 Å². The fourth-order valence-corrected chi connectivity index (χ4v) is 5.03. The number of hydrogen-bond donors (Lipinski definition) is 4. The largest absolute Gasteiger partial charge is 0.341 e. The van der Waals surface area contributed by atoms with E-state index in [0.717, 1.165) is 58.3 Å². The maximum Gasteiger partial charge on any atom is 0.123 e. The first-order chi connectivity index (χ1) is 16.6. The number of aromatic amines is 2. The van der Waals surface area contributed by atoms with Gasteiger partial charge in [0.1, 0.15) is 17.8 Å². The van der Waals surface area contributed by atoms with Crippen LogP contribution in [0.4, 0.5) is 4.39 Å². The monoisotopic (exact) mass is 456 g/mol. The molecule has 0 radical (unpaired) electrons. The SMILES string of the molecule is C[C@@H]1CN[C@H](c2ncc(-c3ccc(-c4ccc(-c5cnc([C@@H]6C[C@H](F)CN6)[nH]5)cc4)cc3)[nH]2)C1. The van der Waals surface area contributed by atoms with Crippen molar-refractivity contribution in [2.45, 2.75) is 38.0 Å². The predicted molar refractivity (Wildman–Crippen MR) is 132 cm³/mol. The average Bonchev–Trinajstić information content (AvgIpc) is 3.66. The van der Waals surface area contributed by atoms with Crippen LogP contribution in [-0.2, 0) is 0 Å². The van der Waals surface area contributed by atoms with Gasteiger partial charge in [-0.05, 0) is 41.1 Å². The lowest BCUT2D eigenvalue weighted by atomic mass is 10.0. The van der Waals surface area contributed by atoms with E-state index in [4.69, 9.17) is 0 Å². The molecule has 2 saturated heterocycles. The molecule has 7 heteroatoms. The topological polar surface area (TPSA) is 81.4 Å². The van der Waals surface area contributed by atoms with Crippen molar-refractivity contribution in [3.05, 3.63) is 72.6 Å². The number of nitrogens with zero attached hydrogens (tertiary/aromatic N) is 2. The molecule has 0 spiro atoms. The molecular formula is C27H29FN6. The van der Waals surface area contributed by atoms with Gasteiger partial charge in [-0.1, -0.05) is 55.5 Å². The first kappa shape index (κ1) is 21.3. The van der Waals surface area contributed by atoms with Crippen LogP contribution in [0.25, 0.3) is 33.6 Å². The smallest absolute Gasteiger partial charge is 0.123 e. The molecule has 6 nitrogen and oxygen atoms in total. The van der Waals surface area contributed by atoms with Crippen LogP contribution in [0.1, 0.15) is 43.5 Å². The Morgan fingerprint density at radius 2 is 1.15 bits per heavy atom. The highest BCUT2D eigenvalue weighted by molar-refractivity contribution is 5.71. The van der Waals surface area contributed by atoms with Gasteiger partial charge in [-0.3, -0.25) is 0 Å². The zero-order valence-electron chi connectivity index (χ0n) is 19.2. The number of aromatic nitrogens is 4. The van der Waals surface area contributed by atoms with Crippen molar-refractivity contribution in [3.63, 3.8) is 0 Å². The maximum atomic E-state index is 13.5. The molecule has 4 N–H and O–H groups in total. The number of halogens is 1. The van der Waals surface area contributed by atoms with E-state index in [2.05, 4.69) is 86.0 Å².